The summed E-state index contributed by atoms with van der Waals surface area (Å²) in [6, 6.07) is 0. The standard InChI is InChI=1S/C14H29NO3/c1-12(2)9-11(13(3,4)18-12)14(16,10-17-5)7-6-8-15/h11,16H,6-10,15H2,1-5H3. The van der Waals surface area contributed by atoms with Crippen LogP contribution in [0.4, 0.5) is 0 Å². The fraction of sp³-hybridized carbons (Fsp3) is 1.00. The summed E-state index contributed by atoms with van der Waals surface area (Å²) in [5.74, 6) is 0.0616. The molecule has 3 N–H and O–H groups in total. The van der Waals surface area contributed by atoms with Crippen LogP contribution < -0.4 is 5.73 Å². The SMILES string of the molecule is COCC(O)(CCCN)C1CC(C)(C)OC1(C)C. The average Bonchev–Trinajstić information content (AvgIpc) is 2.45. The summed E-state index contributed by atoms with van der Waals surface area (Å²) in [7, 11) is 1.63. The van der Waals surface area contributed by atoms with Crippen molar-refractivity contribution >= 4 is 0 Å². The second-order valence-corrected chi connectivity index (χ2v) is 6.65. The molecule has 1 fully saturated rings. The zero-order chi connectivity index (χ0) is 14.0. The lowest BCUT2D eigenvalue weighted by Gasteiger charge is -2.39. The van der Waals surface area contributed by atoms with Crippen LogP contribution in [0.1, 0.15) is 47.0 Å². The van der Waals surface area contributed by atoms with E-state index in [0.29, 0.717) is 19.6 Å². The van der Waals surface area contributed by atoms with Gasteiger partial charge < -0.3 is 20.3 Å². The molecule has 0 aromatic heterocycles. The first-order valence-corrected chi connectivity index (χ1v) is 6.78. The lowest BCUT2D eigenvalue weighted by molar-refractivity contribution is -0.135. The van der Waals surface area contributed by atoms with Crippen LogP contribution in [-0.2, 0) is 9.47 Å². The zero-order valence-corrected chi connectivity index (χ0v) is 12.5. The molecule has 0 aromatic rings. The largest absolute Gasteiger partial charge is 0.387 e. The monoisotopic (exact) mass is 259 g/mol. The van der Waals surface area contributed by atoms with E-state index in [1.165, 1.54) is 0 Å². The van der Waals surface area contributed by atoms with Crippen LogP contribution in [0.25, 0.3) is 0 Å². The van der Waals surface area contributed by atoms with E-state index in [2.05, 4.69) is 27.7 Å². The summed E-state index contributed by atoms with van der Waals surface area (Å²) in [5, 5.41) is 10.9. The van der Waals surface area contributed by atoms with Gasteiger partial charge in [-0.15, -0.1) is 0 Å². The Balaban J connectivity index is 2.91. The fourth-order valence-electron chi connectivity index (χ4n) is 3.40. The predicted molar refractivity (Wildman–Crippen MR) is 72.5 cm³/mol. The molecule has 1 aliphatic rings. The first-order valence-electron chi connectivity index (χ1n) is 6.78. The summed E-state index contributed by atoms with van der Waals surface area (Å²) in [6.45, 7) is 9.17. The molecule has 1 aliphatic heterocycles. The Morgan fingerprint density at radius 2 is 2.00 bits per heavy atom. The van der Waals surface area contributed by atoms with Gasteiger partial charge >= 0.3 is 0 Å². The van der Waals surface area contributed by atoms with Crippen LogP contribution in [0.2, 0.25) is 0 Å². The van der Waals surface area contributed by atoms with Gasteiger partial charge in [0.05, 0.1) is 23.4 Å². The van der Waals surface area contributed by atoms with Crippen molar-refractivity contribution in [3.63, 3.8) is 0 Å². The first-order chi connectivity index (χ1) is 8.17. The van der Waals surface area contributed by atoms with Crippen LogP contribution >= 0.6 is 0 Å². The van der Waals surface area contributed by atoms with Crippen LogP contribution in [0.3, 0.4) is 0 Å². The summed E-state index contributed by atoms with van der Waals surface area (Å²) in [4.78, 5) is 0. The Morgan fingerprint density at radius 1 is 1.39 bits per heavy atom. The molecule has 4 nitrogen and oxygen atoms in total. The molecule has 2 unspecified atom stereocenters. The molecule has 0 radical (unpaired) electrons. The van der Waals surface area contributed by atoms with Gasteiger partial charge in [0.1, 0.15) is 0 Å². The van der Waals surface area contributed by atoms with Crippen molar-refractivity contribution in [2.45, 2.75) is 63.8 Å². The maximum absolute atomic E-state index is 10.9. The summed E-state index contributed by atoms with van der Waals surface area (Å²) in [5.41, 5.74) is 4.17. The Bertz CT molecular complexity index is 278. The Labute approximate surface area is 111 Å². The van der Waals surface area contributed by atoms with E-state index >= 15 is 0 Å². The number of hydrogen-bond donors (Lipinski definition) is 2. The first kappa shape index (κ1) is 15.9. The number of hydrogen-bond acceptors (Lipinski definition) is 4. The fourth-order valence-corrected chi connectivity index (χ4v) is 3.40. The van der Waals surface area contributed by atoms with Crippen LogP contribution in [-0.4, -0.2) is 42.2 Å². The zero-order valence-electron chi connectivity index (χ0n) is 12.5. The van der Waals surface area contributed by atoms with E-state index < -0.39 is 5.60 Å². The van der Waals surface area contributed by atoms with Gasteiger partial charge in [-0.05, 0) is 53.5 Å². The van der Waals surface area contributed by atoms with Crippen molar-refractivity contribution in [2.75, 3.05) is 20.3 Å². The third-order valence-electron chi connectivity index (χ3n) is 3.93. The molecular formula is C14H29NO3. The van der Waals surface area contributed by atoms with E-state index in [0.717, 1.165) is 12.8 Å². The van der Waals surface area contributed by atoms with Crippen LogP contribution in [0.15, 0.2) is 0 Å². The maximum atomic E-state index is 10.9. The van der Waals surface area contributed by atoms with E-state index in [1.807, 2.05) is 0 Å². The highest BCUT2D eigenvalue weighted by molar-refractivity contribution is 5.03. The predicted octanol–water partition coefficient (Wildman–Crippen LogP) is 1.70. The van der Waals surface area contributed by atoms with Crippen molar-refractivity contribution in [1.29, 1.82) is 0 Å². The normalized spacial score (nSPS) is 29.2. The van der Waals surface area contributed by atoms with Gasteiger partial charge in [-0.25, -0.2) is 0 Å². The molecule has 1 rings (SSSR count). The maximum Gasteiger partial charge on any atom is 0.0936 e. The molecule has 0 saturated carbocycles. The molecule has 0 amide bonds. The average molecular weight is 259 g/mol. The molecule has 1 saturated heterocycles. The minimum atomic E-state index is -0.856. The van der Waals surface area contributed by atoms with Gasteiger partial charge in [-0.3, -0.25) is 0 Å². The van der Waals surface area contributed by atoms with E-state index in [1.54, 1.807) is 7.11 Å². The number of rotatable bonds is 6. The van der Waals surface area contributed by atoms with Crippen LogP contribution in [0, 0.1) is 5.92 Å². The van der Waals surface area contributed by atoms with Crippen molar-refractivity contribution in [2.24, 2.45) is 11.7 Å². The van der Waals surface area contributed by atoms with Crippen molar-refractivity contribution in [1.82, 2.24) is 0 Å². The van der Waals surface area contributed by atoms with Gasteiger partial charge in [-0.2, -0.15) is 0 Å². The molecule has 0 bridgehead atoms. The highest BCUT2D eigenvalue weighted by atomic mass is 16.5. The minimum absolute atomic E-state index is 0.0616. The lowest BCUT2D eigenvalue weighted by atomic mass is 9.73. The lowest BCUT2D eigenvalue weighted by Crippen LogP contribution is -2.50. The molecule has 2 atom stereocenters. The van der Waals surface area contributed by atoms with Gasteiger partial charge in [0.15, 0.2) is 0 Å². The Morgan fingerprint density at radius 3 is 2.39 bits per heavy atom. The van der Waals surface area contributed by atoms with E-state index in [9.17, 15) is 5.11 Å². The third kappa shape index (κ3) is 3.44. The third-order valence-corrected chi connectivity index (χ3v) is 3.93. The Hall–Kier alpha value is -0.160. The summed E-state index contributed by atoms with van der Waals surface area (Å²) >= 11 is 0. The molecule has 108 valence electrons. The number of methoxy groups -OCH3 is 1. The topological polar surface area (TPSA) is 64.7 Å². The molecule has 1 heterocycles. The molecule has 0 spiro atoms. The molecule has 18 heavy (non-hydrogen) atoms. The second kappa shape index (κ2) is 5.45. The van der Waals surface area contributed by atoms with Crippen molar-refractivity contribution in [3.05, 3.63) is 0 Å². The number of ether oxygens (including phenoxy) is 2. The van der Waals surface area contributed by atoms with Gasteiger partial charge in [0, 0.05) is 13.0 Å². The number of nitrogens with two attached hydrogens (primary N) is 1. The van der Waals surface area contributed by atoms with Gasteiger partial charge in [-0.1, -0.05) is 0 Å². The van der Waals surface area contributed by atoms with Crippen molar-refractivity contribution < 1.29 is 14.6 Å². The summed E-state index contributed by atoms with van der Waals surface area (Å²) in [6.07, 6.45) is 2.29. The van der Waals surface area contributed by atoms with E-state index in [4.69, 9.17) is 15.2 Å². The quantitative estimate of drug-likeness (QED) is 0.762. The molecular weight excluding hydrogens is 230 g/mol. The highest BCUT2D eigenvalue weighted by Gasteiger charge is 2.54. The van der Waals surface area contributed by atoms with Gasteiger partial charge in [0.2, 0.25) is 0 Å². The molecule has 0 aliphatic carbocycles. The minimum Gasteiger partial charge on any atom is -0.387 e. The van der Waals surface area contributed by atoms with Crippen molar-refractivity contribution in [3.8, 4) is 0 Å². The van der Waals surface area contributed by atoms with Gasteiger partial charge in [0.25, 0.3) is 0 Å². The smallest absolute Gasteiger partial charge is 0.0936 e. The second-order valence-electron chi connectivity index (χ2n) is 6.65. The van der Waals surface area contributed by atoms with Crippen LogP contribution in [0.5, 0.6) is 0 Å². The Kier molecular flexibility index (Phi) is 4.81. The number of aliphatic hydroxyl groups is 1. The van der Waals surface area contributed by atoms with E-state index in [-0.39, 0.29) is 17.1 Å². The highest BCUT2D eigenvalue weighted by Crippen LogP contribution is 2.48. The summed E-state index contributed by atoms with van der Waals surface area (Å²) < 4.78 is 11.3. The molecule has 0 aromatic carbocycles. The molecule has 4 heteroatoms.